The van der Waals surface area contributed by atoms with Gasteiger partial charge in [0.2, 0.25) is 0 Å². The molecule has 0 aliphatic rings. The third-order valence-electron chi connectivity index (χ3n) is 3.79. The first-order valence-corrected chi connectivity index (χ1v) is 8.34. The highest BCUT2D eigenvalue weighted by molar-refractivity contribution is 5.93. The van der Waals surface area contributed by atoms with Gasteiger partial charge in [-0.15, -0.1) is 0 Å². The van der Waals surface area contributed by atoms with Crippen molar-refractivity contribution in [3.63, 3.8) is 0 Å². The van der Waals surface area contributed by atoms with Crippen LogP contribution in [0, 0.1) is 11.6 Å². The van der Waals surface area contributed by atoms with Gasteiger partial charge in [-0.25, -0.2) is 8.78 Å². The van der Waals surface area contributed by atoms with Gasteiger partial charge in [-0.1, -0.05) is 13.8 Å². The number of hydrogen-bond donors (Lipinski definition) is 0. The Hall–Kier alpha value is -2.24. The zero-order valence-corrected chi connectivity index (χ0v) is 14.4. The molecular weight excluding hydrogens is 312 g/mol. The summed E-state index contributed by atoms with van der Waals surface area (Å²) in [4.78, 5) is 14.4. The van der Waals surface area contributed by atoms with Crippen molar-refractivity contribution in [3.05, 3.63) is 41.6 Å². The molecule has 1 aromatic heterocycles. The number of carbonyl (C=O) groups is 1. The fourth-order valence-electron chi connectivity index (χ4n) is 2.67. The first-order valence-electron chi connectivity index (χ1n) is 8.34. The van der Waals surface area contributed by atoms with Crippen molar-refractivity contribution in [2.75, 3.05) is 13.1 Å². The molecular formula is C18H23F2N3O. The molecule has 0 radical (unpaired) electrons. The van der Waals surface area contributed by atoms with E-state index in [9.17, 15) is 13.6 Å². The summed E-state index contributed by atoms with van der Waals surface area (Å²) in [5, 5.41) is 4.35. The maximum atomic E-state index is 13.5. The van der Waals surface area contributed by atoms with Gasteiger partial charge in [0.25, 0.3) is 5.91 Å². The molecule has 0 aliphatic heterocycles. The monoisotopic (exact) mass is 335 g/mol. The van der Waals surface area contributed by atoms with Crippen LogP contribution in [0.4, 0.5) is 8.78 Å². The lowest BCUT2D eigenvalue weighted by Gasteiger charge is -2.20. The summed E-state index contributed by atoms with van der Waals surface area (Å²) in [6.45, 7) is 7.81. The Balaban J connectivity index is 2.38. The second-order valence-electron chi connectivity index (χ2n) is 5.65. The van der Waals surface area contributed by atoms with E-state index in [4.69, 9.17) is 0 Å². The lowest BCUT2D eigenvalue weighted by atomic mass is 10.1. The van der Waals surface area contributed by atoms with Crippen molar-refractivity contribution < 1.29 is 13.6 Å². The van der Waals surface area contributed by atoms with Crippen LogP contribution in [-0.2, 0) is 6.54 Å². The molecule has 0 atom stereocenters. The van der Waals surface area contributed by atoms with E-state index >= 15 is 0 Å². The third-order valence-corrected chi connectivity index (χ3v) is 3.79. The van der Waals surface area contributed by atoms with Crippen LogP contribution in [0.1, 0.15) is 44.1 Å². The lowest BCUT2D eigenvalue weighted by Crippen LogP contribution is -2.32. The van der Waals surface area contributed by atoms with Crippen LogP contribution in [-0.4, -0.2) is 33.7 Å². The highest BCUT2D eigenvalue weighted by Gasteiger charge is 2.20. The van der Waals surface area contributed by atoms with E-state index in [-0.39, 0.29) is 5.91 Å². The summed E-state index contributed by atoms with van der Waals surface area (Å²) in [6.07, 6.45) is 1.74. The summed E-state index contributed by atoms with van der Waals surface area (Å²) in [5.41, 5.74) is 1.44. The molecule has 1 amide bonds. The van der Waals surface area contributed by atoms with E-state index in [0.717, 1.165) is 25.0 Å². The van der Waals surface area contributed by atoms with Gasteiger partial charge in [0, 0.05) is 25.2 Å². The van der Waals surface area contributed by atoms with E-state index in [0.29, 0.717) is 36.6 Å². The molecule has 0 saturated carbocycles. The molecule has 24 heavy (non-hydrogen) atoms. The molecule has 0 saturated heterocycles. The zero-order valence-electron chi connectivity index (χ0n) is 14.4. The molecule has 2 rings (SSSR count). The van der Waals surface area contributed by atoms with E-state index in [1.165, 1.54) is 6.07 Å². The molecule has 0 unspecified atom stereocenters. The number of aromatic nitrogens is 2. The molecule has 130 valence electrons. The average molecular weight is 335 g/mol. The molecule has 2 aromatic rings. The predicted octanol–water partition coefficient (Wildman–Crippen LogP) is 4.11. The fourth-order valence-corrected chi connectivity index (χ4v) is 2.67. The number of carbonyl (C=O) groups excluding carboxylic acids is 1. The number of aryl methyl sites for hydroxylation is 1. The molecule has 0 N–H and O–H groups in total. The molecule has 6 heteroatoms. The fraction of sp³-hybridized carbons (Fsp3) is 0.444. The Bertz CT molecular complexity index is 706. The van der Waals surface area contributed by atoms with Gasteiger partial charge < -0.3 is 4.90 Å². The zero-order chi connectivity index (χ0) is 17.7. The smallest absolute Gasteiger partial charge is 0.274 e. The highest BCUT2D eigenvalue weighted by atomic mass is 19.2. The second-order valence-corrected chi connectivity index (χ2v) is 5.65. The number of halogens is 2. The van der Waals surface area contributed by atoms with Gasteiger partial charge in [0.1, 0.15) is 0 Å². The van der Waals surface area contributed by atoms with Crippen molar-refractivity contribution in [1.82, 2.24) is 14.7 Å². The van der Waals surface area contributed by atoms with E-state index < -0.39 is 11.6 Å². The minimum Gasteiger partial charge on any atom is -0.337 e. The largest absolute Gasteiger partial charge is 0.337 e. The Morgan fingerprint density at radius 3 is 2.29 bits per heavy atom. The molecule has 0 fully saturated rings. The normalized spacial score (nSPS) is 10.9. The minimum atomic E-state index is -0.914. The molecule has 0 aliphatic carbocycles. The van der Waals surface area contributed by atoms with Gasteiger partial charge in [-0.05, 0) is 44.0 Å². The van der Waals surface area contributed by atoms with E-state index in [2.05, 4.69) is 5.10 Å². The maximum Gasteiger partial charge on any atom is 0.274 e. The number of rotatable bonds is 7. The summed E-state index contributed by atoms with van der Waals surface area (Å²) in [7, 11) is 0. The first kappa shape index (κ1) is 18.1. The molecule has 0 spiro atoms. The van der Waals surface area contributed by atoms with Crippen LogP contribution in [0.3, 0.4) is 0 Å². The maximum absolute atomic E-state index is 13.5. The molecule has 0 bridgehead atoms. The van der Waals surface area contributed by atoms with Crippen LogP contribution >= 0.6 is 0 Å². The van der Waals surface area contributed by atoms with Crippen molar-refractivity contribution in [3.8, 4) is 11.3 Å². The van der Waals surface area contributed by atoms with Gasteiger partial charge in [-0.3, -0.25) is 9.48 Å². The van der Waals surface area contributed by atoms with Crippen molar-refractivity contribution >= 4 is 5.91 Å². The Morgan fingerprint density at radius 1 is 1.08 bits per heavy atom. The minimum absolute atomic E-state index is 0.130. The standard InChI is InChI=1S/C18H23F2N3O/c1-4-9-22(10-5-2)18(24)16-12-17(23(6-3)21-16)13-7-8-14(19)15(20)11-13/h7-8,11-12H,4-6,9-10H2,1-3H3. The van der Waals surface area contributed by atoms with Crippen molar-refractivity contribution in [2.24, 2.45) is 0 Å². The summed E-state index contributed by atoms with van der Waals surface area (Å²) < 4.78 is 28.3. The summed E-state index contributed by atoms with van der Waals surface area (Å²) in [6, 6.07) is 5.35. The van der Waals surface area contributed by atoms with Crippen LogP contribution in [0.5, 0.6) is 0 Å². The number of hydrogen-bond acceptors (Lipinski definition) is 2. The molecule has 1 aromatic carbocycles. The Morgan fingerprint density at radius 2 is 1.75 bits per heavy atom. The number of amides is 1. The van der Waals surface area contributed by atoms with Gasteiger partial charge in [0.15, 0.2) is 17.3 Å². The van der Waals surface area contributed by atoms with Crippen LogP contribution in [0.15, 0.2) is 24.3 Å². The third kappa shape index (κ3) is 3.80. The van der Waals surface area contributed by atoms with Gasteiger partial charge >= 0.3 is 0 Å². The van der Waals surface area contributed by atoms with Crippen LogP contribution < -0.4 is 0 Å². The predicted molar refractivity (Wildman–Crippen MR) is 89.7 cm³/mol. The van der Waals surface area contributed by atoms with Crippen LogP contribution in [0.2, 0.25) is 0 Å². The average Bonchev–Trinajstić information content (AvgIpc) is 3.01. The van der Waals surface area contributed by atoms with Crippen molar-refractivity contribution in [1.29, 1.82) is 0 Å². The van der Waals surface area contributed by atoms with Gasteiger partial charge in [0.05, 0.1) is 5.69 Å². The first-order chi connectivity index (χ1) is 11.5. The number of benzene rings is 1. The Kier molecular flexibility index (Phi) is 6.06. The van der Waals surface area contributed by atoms with Crippen molar-refractivity contribution in [2.45, 2.75) is 40.2 Å². The quantitative estimate of drug-likeness (QED) is 0.764. The van der Waals surface area contributed by atoms with E-state index in [1.807, 2.05) is 20.8 Å². The van der Waals surface area contributed by atoms with E-state index in [1.54, 1.807) is 15.6 Å². The molecule has 1 heterocycles. The second kappa shape index (κ2) is 8.04. The highest BCUT2D eigenvalue weighted by Crippen LogP contribution is 2.23. The number of nitrogens with zero attached hydrogens (tertiary/aromatic N) is 3. The topological polar surface area (TPSA) is 38.1 Å². The molecule has 4 nitrogen and oxygen atoms in total. The summed E-state index contributed by atoms with van der Waals surface area (Å²) in [5.74, 6) is -1.94. The Labute approximate surface area is 141 Å². The van der Waals surface area contributed by atoms with Gasteiger partial charge in [-0.2, -0.15) is 5.10 Å². The SMILES string of the molecule is CCCN(CCC)C(=O)c1cc(-c2ccc(F)c(F)c2)n(CC)n1. The summed E-state index contributed by atoms with van der Waals surface area (Å²) >= 11 is 0. The lowest BCUT2D eigenvalue weighted by molar-refractivity contribution is 0.0748. The van der Waals surface area contributed by atoms with Crippen LogP contribution in [0.25, 0.3) is 11.3 Å².